The number of aromatic nitrogens is 6. The van der Waals surface area contributed by atoms with E-state index in [2.05, 4.69) is 25.1 Å². The van der Waals surface area contributed by atoms with Gasteiger partial charge in [-0.2, -0.15) is 0 Å². The Morgan fingerprint density at radius 3 is 3.12 bits per heavy atom. The van der Waals surface area contributed by atoms with Crippen molar-refractivity contribution in [3.8, 4) is 10.7 Å². The highest BCUT2D eigenvalue weighted by Gasteiger charge is 2.17. The van der Waals surface area contributed by atoms with E-state index in [1.54, 1.807) is 6.92 Å². The fraction of sp³-hybridized carbons (Fsp3) is 0.429. The van der Waals surface area contributed by atoms with Crippen LogP contribution in [0.4, 0.5) is 0 Å². The van der Waals surface area contributed by atoms with Gasteiger partial charge in [0.25, 0.3) is 0 Å². The van der Waals surface area contributed by atoms with E-state index in [-0.39, 0.29) is 6.54 Å². The van der Waals surface area contributed by atoms with Gasteiger partial charge in [-0.25, -0.2) is 4.68 Å². The number of carboxylic acid groups (broad SMARTS) is 1. The van der Waals surface area contributed by atoms with E-state index < -0.39 is 11.9 Å². The number of carboxylic acids is 1. The first kappa shape index (κ1) is 10.6. The number of rotatable bonds is 4. The smallest absolute Gasteiger partial charge is 0.308 e. The number of hydrogen-bond donors (Lipinski definition) is 1. The van der Waals surface area contributed by atoms with Gasteiger partial charge < -0.3 is 5.11 Å². The molecule has 0 bridgehead atoms. The first-order valence-electron chi connectivity index (χ1n) is 4.45. The molecule has 1 N–H and O–H groups in total. The standard InChI is InChI=1S/C7H8N6O2S/c1-4(7(14)15)3-13-6(9-10-11-13)5-2-8-12-16-5/h2,4H,3H2,1H3,(H,14,15). The van der Waals surface area contributed by atoms with Crippen molar-refractivity contribution in [2.75, 3.05) is 0 Å². The molecule has 16 heavy (non-hydrogen) atoms. The second-order valence-corrected chi connectivity index (χ2v) is 3.99. The maximum atomic E-state index is 10.7. The van der Waals surface area contributed by atoms with Gasteiger partial charge in [-0.3, -0.25) is 4.79 Å². The molecular weight excluding hydrogens is 232 g/mol. The molecule has 0 fully saturated rings. The van der Waals surface area contributed by atoms with Crippen LogP contribution >= 0.6 is 11.5 Å². The average molecular weight is 240 g/mol. The van der Waals surface area contributed by atoms with Gasteiger partial charge in [0, 0.05) is 0 Å². The van der Waals surface area contributed by atoms with Gasteiger partial charge in [0.15, 0.2) is 5.82 Å². The maximum absolute atomic E-state index is 10.7. The Hall–Kier alpha value is -1.90. The van der Waals surface area contributed by atoms with Crippen LogP contribution in [-0.2, 0) is 11.3 Å². The monoisotopic (exact) mass is 240 g/mol. The first-order chi connectivity index (χ1) is 7.68. The highest BCUT2D eigenvalue weighted by atomic mass is 32.1. The SMILES string of the molecule is CC(Cn1nnnc1-c1cnns1)C(=O)O. The van der Waals surface area contributed by atoms with E-state index in [1.165, 1.54) is 10.9 Å². The van der Waals surface area contributed by atoms with Gasteiger partial charge in [-0.1, -0.05) is 11.4 Å². The van der Waals surface area contributed by atoms with Crippen LogP contribution in [0.5, 0.6) is 0 Å². The summed E-state index contributed by atoms with van der Waals surface area (Å²) in [4.78, 5) is 11.4. The van der Waals surface area contributed by atoms with Crippen LogP contribution in [0, 0.1) is 5.92 Å². The normalized spacial score (nSPS) is 12.6. The molecule has 1 unspecified atom stereocenters. The van der Waals surface area contributed by atoms with Gasteiger partial charge in [0.2, 0.25) is 0 Å². The third-order valence-corrected chi connectivity index (χ3v) is 2.64. The van der Waals surface area contributed by atoms with Crippen molar-refractivity contribution in [2.24, 2.45) is 5.92 Å². The first-order valence-corrected chi connectivity index (χ1v) is 5.22. The van der Waals surface area contributed by atoms with Crippen LogP contribution < -0.4 is 0 Å². The zero-order valence-electron chi connectivity index (χ0n) is 8.31. The molecule has 84 valence electrons. The van der Waals surface area contributed by atoms with E-state index in [0.717, 1.165) is 11.5 Å². The lowest BCUT2D eigenvalue weighted by molar-refractivity contribution is -0.141. The maximum Gasteiger partial charge on any atom is 0.308 e. The van der Waals surface area contributed by atoms with E-state index in [9.17, 15) is 4.79 Å². The minimum Gasteiger partial charge on any atom is -0.481 e. The predicted octanol–water partition coefficient (Wildman–Crippen LogP) is -0.0877. The van der Waals surface area contributed by atoms with Crippen molar-refractivity contribution in [2.45, 2.75) is 13.5 Å². The third kappa shape index (κ3) is 2.03. The molecule has 2 aromatic rings. The van der Waals surface area contributed by atoms with Crippen molar-refractivity contribution < 1.29 is 9.90 Å². The lowest BCUT2D eigenvalue weighted by Crippen LogP contribution is -2.18. The van der Waals surface area contributed by atoms with E-state index >= 15 is 0 Å². The fourth-order valence-corrected chi connectivity index (χ4v) is 1.61. The van der Waals surface area contributed by atoms with Gasteiger partial charge in [0.05, 0.1) is 18.7 Å². The van der Waals surface area contributed by atoms with Gasteiger partial charge in [-0.15, -0.1) is 10.2 Å². The highest BCUT2D eigenvalue weighted by molar-refractivity contribution is 7.09. The van der Waals surface area contributed by atoms with Gasteiger partial charge in [-0.05, 0) is 22.0 Å². The molecule has 2 heterocycles. The summed E-state index contributed by atoms with van der Waals surface area (Å²) in [5.41, 5.74) is 0. The largest absolute Gasteiger partial charge is 0.481 e. The Morgan fingerprint density at radius 1 is 1.69 bits per heavy atom. The summed E-state index contributed by atoms with van der Waals surface area (Å²) in [6.07, 6.45) is 1.54. The Bertz CT molecular complexity index is 481. The molecule has 0 amide bonds. The Morgan fingerprint density at radius 2 is 2.50 bits per heavy atom. The molecule has 0 aliphatic heterocycles. The average Bonchev–Trinajstić information content (AvgIpc) is 2.85. The zero-order chi connectivity index (χ0) is 11.5. The summed E-state index contributed by atoms with van der Waals surface area (Å²) in [5, 5.41) is 23.5. The van der Waals surface area contributed by atoms with Crippen LogP contribution in [0.15, 0.2) is 6.20 Å². The van der Waals surface area contributed by atoms with Crippen LogP contribution in [0.1, 0.15) is 6.92 Å². The second-order valence-electron chi connectivity index (χ2n) is 3.21. The lowest BCUT2D eigenvalue weighted by atomic mass is 10.2. The molecular formula is C7H8N6O2S. The number of aliphatic carboxylic acids is 1. The van der Waals surface area contributed by atoms with E-state index in [0.29, 0.717) is 10.7 Å². The van der Waals surface area contributed by atoms with Crippen molar-refractivity contribution in [3.63, 3.8) is 0 Å². The van der Waals surface area contributed by atoms with Crippen molar-refractivity contribution in [3.05, 3.63) is 6.20 Å². The quantitative estimate of drug-likeness (QED) is 0.795. The summed E-state index contributed by atoms with van der Waals surface area (Å²) in [7, 11) is 0. The fourth-order valence-electron chi connectivity index (χ4n) is 1.11. The molecule has 8 nitrogen and oxygen atoms in total. The molecule has 0 aromatic carbocycles. The Balaban J connectivity index is 2.23. The number of tetrazole rings is 1. The molecule has 1 atom stereocenters. The van der Waals surface area contributed by atoms with Crippen molar-refractivity contribution >= 4 is 17.5 Å². The Kier molecular flexibility index (Phi) is 2.86. The molecule has 0 spiro atoms. The van der Waals surface area contributed by atoms with Crippen LogP contribution in [0.3, 0.4) is 0 Å². The summed E-state index contributed by atoms with van der Waals surface area (Å²) < 4.78 is 5.14. The number of hydrogen-bond acceptors (Lipinski definition) is 7. The molecule has 0 aliphatic rings. The van der Waals surface area contributed by atoms with E-state index in [1.807, 2.05) is 0 Å². The van der Waals surface area contributed by atoms with Crippen molar-refractivity contribution in [1.29, 1.82) is 0 Å². The molecule has 0 aliphatic carbocycles. The molecule has 2 rings (SSSR count). The number of nitrogens with zero attached hydrogens (tertiary/aromatic N) is 6. The molecule has 9 heteroatoms. The topological polar surface area (TPSA) is 107 Å². The molecule has 0 saturated carbocycles. The van der Waals surface area contributed by atoms with Crippen LogP contribution in [0.2, 0.25) is 0 Å². The third-order valence-electron chi connectivity index (χ3n) is 1.98. The van der Waals surface area contributed by atoms with Crippen molar-refractivity contribution in [1.82, 2.24) is 29.8 Å². The Labute approximate surface area is 94.1 Å². The van der Waals surface area contributed by atoms with E-state index in [4.69, 9.17) is 5.11 Å². The summed E-state index contributed by atoms with van der Waals surface area (Å²) in [6.45, 7) is 1.81. The van der Waals surface area contributed by atoms with Crippen LogP contribution in [0.25, 0.3) is 10.7 Å². The molecule has 2 aromatic heterocycles. The zero-order valence-corrected chi connectivity index (χ0v) is 9.13. The highest BCUT2D eigenvalue weighted by Crippen LogP contribution is 2.18. The lowest BCUT2D eigenvalue weighted by Gasteiger charge is -2.06. The van der Waals surface area contributed by atoms with Crippen LogP contribution in [-0.4, -0.2) is 40.9 Å². The second kappa shape index (κ2) is 4.31. The minimum absolute atomic E-state index is 0.218. The summed E-state index contributed by atoms with van der Waals surface area (Å²) >= 11 is 1.16. The molecule has 0 radical (unpaired) electrons. The van der Waals surface area contributed by atoms with Gasteiger partial charge in [0.1, 0.15) is 4.88 Å². The minimum atomic E-state index is -0.885. The summed E-state index contributed by atoms with van der Waals surface area (Å²) in [6, 6.07) is 0. The molecule has 0 saturated heterocycles. The predicted molar refractivity (Wildman–Crippen MR) is 53.5 cm³/mol. The van der Waals surface area contributed by atoms with Gasteiger partial charge >= 0.3 is 5.97 Å². The summed E-state index contributed by atoms with van der Waals surface area (Å²) in [5.74, 6) is -0.949. The number of carbonyl (C=O) groups is 1.